The first-order chi connectivity index (χ1) is 4.75. The molecule has 0 aliphatic heterocycles. The lowest BCUT2D eigenvalue weighted by Gasteiger charge is -2.04. The van der Waals surface area contributed by atoms with Crippen LogP contribution in [0.15, 0.2) is 18.2 Å². The lowest BCUT2D eigenvalue weighted by Crippen LogP contribution is -1.96. The summed E-state index contributed by atoms with van der Waals surface area (Å²) in [5, 5.41) is 8.54. The fraction of sp³-hybridized carbons (Fsp3) is 0.143. The van der Waals surface area contributed by atoms with Crippen molar-refractivity contribution in [1.82, 2.24) is 0 Å². The predicted octanol–water partition coefficient (Wildman–Crippen LogP) is 1.38. The van der Waals surface area contributed by atoms with Crippen LogP contribution in [0, 0.1) is 6.92 Å². The van der Waals surface area contributed by atoms with Gasteiger partial charge in [0, 0.05) is 5.69 Å². The molecular weight excluding hydrogens is 128 g/mol. The van der Waals surface area contributed by atoms with Crippen molar-refractivity contribution in [2.45, 2.75) is 6.92 Å². The number of benzene rings is 1. The van der Waals surface area contributed by atoms with Gasteiger partial charge in [-0.25, -0.2) is 0 Å². The monoisotopic (exact) mass is 138 g/mol. The topological polar surface area (TPSA) is 58.3 Å². The van der Waals surface area contributed by atoms with Gasteiger partial charge in [-0.2, -0.15) is 0 Å². The SMILES string of the molecule is Cc1c(N)cccc1NO. The summed E-state index contributed by atoms with van der Waals surface area (Å²) in [6.07, 6.45) is 0. The van der Waals surface area contributed by atoms with Crippen molar-refractivity contribution in [3.63, 3.8) is 0 Å². The van der Waals surface area contributed by atoms with E-state index in [0.717, 1.165) is 5.56 Å². The van der Waals surface area contributed by atoms with Crippen molar-refractivity contribution >= 4 is 11.4 Å². The van der Waals surface area contributed by atoms with Crippen LogP contribution in [0.4, 0.5) is 11.4 Å². The summed E-state index contributed by atoms with van der Waals surface area (Å²) < 4.78 is 0. The number of nitrogens with one attached hydrogen (secondary N) is 1. The van der Waals surface area contributed by atoms with Crippen LogP contribution in [0.2, 0.25) is 0 Å². The van der Waals surface area contributed by atoms with E-state index < -0.39 is 0 Å². The predicted molar refractivity (Wildman–Crippen MR) is 41.0 cm³/mol. The Balaban J connectivity index is 3.14. The summed E-state index contributed by atoms with van der Waals surface area (Å²) in [5.41, 5.74) is 9.80. The van der Waals surface area contributed by atoms with Gasteiger partial charge in [0.2, 0.25) is 0 Å². The van der Waals surface area contributed by atoms with E-state index in [9.17, 15) is 0 Å². The van der Waals surface area contributed by atoms with Gasteiger partial charge in [0.15, 0.2) is 0 Å². The lowest BCUT2D eigenvalue weighted by atomic mass is 10.2. The van der Waals surface area contributed by atoms with Crippen LogP contribution >= 0.6 is 0 Å². The van der Waals surface area contributed by atoms with E-state index in [1.165, 1.54) is 0 Å². The van der Waals surface area contributed by atoms with Crippen LogP contribution < -0.4 is 11.2 Å². The smallest absolute Gasteiger partial charge is 0.0651 e. The van der Waals surface area contributed by atoms with Gasteiger partial charge >= 0.3 is 0 Å². The molecule has 0 radical (unpaired) electrons. The summed E-state index contributed by atoms with van der Waals surface area (Å²) in [5.74, 6) is 0. The molecule has 10 heavy (non-hydrogen) atoms. The van der Waals surface area contributed by atoms with Gasteiger partial charge in [0.1, 0.15) is 0 Å². The van der Waals surface area contributed by atoms with E-state index in [2.05, 4.69) is 5.48 Å². The fourth-order valence-electron chi connectivity index (χ4n) is 0.775. The molecule has 0 aliphatic carbocycles. The van der Waals surface area contributed by atoms with Crippen LogP contribution in [-0.2, 0) is 0 Å². The first-order valence-corrected chi connectivity index (χ1v) is 3.01. The second-order valence-electron chi connectivity index (χ2n) is 2.13. The molecule has 0 aliphatic rings. The van der Waals surface area contributed by atoms with Crippen LogP contribution in [0.25, 0.3) is 0 Å². The van der Waals surface area contributed by atoms with E-state index in [-0.39, 0.29) is 0 Å². The Bertz CT molecular complexity index is 235. The first kappa shape index (κ1) is 6.89. The molecule has 1 aromatic rings. The zero-order valence-corrected chi connectivity index (χ0v) is 5.76. The minimum absolute atomic E-state index is 0.653. The molecule has 0 unspecified atom stereocenters. The van der Waals surface area contributed by atoms with E-state index in [4.69, 9.17) is 10.9 Å². The standard InChI is InChI=1S/C7H10N2O/c1-5-6(8)3-2-4-7(5)9-10/h2-4,9-10H,8H2,1H3. The third kappa shape index (κ3) is 1.04. The molecule has 54 valence electrons. The fourth-order valence-corrected chi connectivity index (χ4v) is 0.775. The molecule has 0 saturated heterocycles. The van der Waals surface area contributed by atoms with Crippen LogP contribution in [0.3, 0.4) is 0 Å². The van der Waals surface area contributed by atoms with Gasteiger partial charge in [-0.15, -0.1) is 0 Å². The maximum Gasteiger partial charge on any atom is 0.0651 e. The third-order valence-electron chi connectivity index (χ3n) is 1.50. The van der Waals surface area contributed by atoms with Gasteiger partial charge in [-0.3, -0.25) is 10.7 Å². The Morgan fingerprint density at radius 1 is 1.50 bits per heavy atom. The number of hydrogen-bond acceptors (Lipinski definition) is 3. The highest BCUT2D eigenvalue weighted by molar-refractivity contribution is 5.61. The van der Waals surface area contributed by atoms with Crippen LogP contribution in [0.5, 0.6) is 0 Å². The van der Waals surface area contributed by atoms with Crippen molar-refractivity contribution in [3.8, 4) is 0 Å². The number of rotatable bonds is 1. The number of anilines is 2. The molecule has 1 aromatic carbocycles. The summed E-state index contributed by atoms with van der Waals surface area (Å²) in [6, 6.07) is 5.32. The summed E-state index contributed by atoms with van der Waals surface area (Å²) in [4.78, 5) is 0. The maximum absolute atomic E-state index is 8.54. The minimum atomic E-state index is 0.653. The average Bonchev–Trinajstić information content (AvgIpc) is 1.95. The highest BCUT2D eigenvalue weighted by atomic mass is 16.5. The Labute approximate surface area is 59.4 Å². The largest absolute Gasteiger partial charge is 0.398 e. The molecule has 0 heterocycles. The van der Waals surface area contributed by atoms with E-state index in [1.807, 2.05) is 6.92 Å². The van der Waals surface area contributed by atoms with Gasteiger partial charge in [-0.1, -0.05) is 6.07 Å². The zero-order valence-electron chi connectivity index (χ0n) is 5.76. The Morgan fingerprint density at radius 3 is 2.70 bits per heavy atom. The molecule has 0 bridgehead atoms. The molecule has 0 saturated carbocycles. The third-order valence-corrected chi connectivity index (χ3v) is 1.50. The van der Waals surface area contributed by atoms with Gasteiger partial charge < -0.3 is 5.73 Å². The zero-order chi connectivity index (χ0) is 7.56. The van der Waals surface area contributed by atoms with Crippen molar-refractivity contribution in [3.05, 3.63) is 23.8 Å². The molecule has 0 spiro atoms. The molecule has 0 amide bonds. The molecule has 3 heteroatoms. The van der Waals surface area contributed by atoms with Crippen molar-refractivity contribution in [1.29, 1.82) is 0 Å². The van der Waals surface area contributed by atoms with E-state index in [0.29, 0.717) is 11.4 Å². The Morgan fingerprint density at radius 2 is 2.20 bits per heavy atom. The van der Waals surface area contributed by atoms with Crippen molar-refractivity contribution in [2.75, 3.05) is 11.2 Å². The second-order valence-corrected chi connectivity index (χ2v) is 2.13. The van der Waals surface area contributed by atoms with Crippen molar-refractivity contribution in [2.24, 2.45) is 0 Å². The minimum Gasteiger partial charge on any atom is -0.398 e. The van der Waals surface area contributed by atoms with Gasteiger partial charge in [0.25, 0.3) is 0 Å². The highest BCUT2D eigenvalue weighted by Crippen LogP contribution is 2.18. The molecule has 1 rings (SSSR count). The number of nitrogen functional groups attached to an aromatic ring is 1. The lowest BCUT2D eigenvalue weighted by molar-refractivity contribution is 0.388. The quantitative estimate of drug-likeness (QED) is 0.406. The maximum atomic E-state index is 8.54. The van der Waals surface area contributed by atoms with Crippen LogP contribution in [0.1, 0.15) is 5.56 Å². The summed E-state index contributed by atoms with van der Waals surface area (Å²) >= 11 is 0. The van der Waals surface area contributed by atoms with E-state index >= 15 is 0 Å². The van der Waals surface area contributed by atoms with Crippen LogP contribution in [-0.4, -0.2) is 5.21 Å². The molecule has 4 N–H and O–H groups in total. The second kappa shape index (κ2) is 2.58. The molecule has 3 nitrogen and oxygen atoms in total. The van der Waals surface area contributed by atoms with Gasteiger partial charge in [0.05, 0.1) is 5.69 Å². The van der Waals surface area contributed by atoms with Gasteiger partial charge in [-0.05, 0) is 24.6 Å². The molecule has 0 fully saturated rings. The Kier molecular flexibility index (Phi) is 1.78. The summed E-state index contributed by atoms with van der Waals surface area (Å²) in [6.45, 7) is 1.84. The number of hydrogen-bond donors (Lipinski definition) is 3. The number of nitrogens with two attached hydrogens (primary N) is 1. The molecular formula is C7H10N2O. The average molecular weight is 138 g/mol. The normalized spacial score (nSPS) is 9.40. The molecule has 0 aromatic heterocycles. The molecule has 0 atom stereocenters. The Hall–Kier alpha value is -1.22. The summed E-state index contributed by atoms with van der Waals surface area (Å²) in [7, 11) is 0. The van der Waals surface area contributed by atoms with Crippen molar-refractivity contribution < 1.29 is 5.21 Å². The highest BCUT2D eigenvalue weighted by Gasteiger charge is 1.97. The van der Waals surface area contributed by atoms with E-state index in [1.54, 1.807) is 18.2 Å². The first-order valence-electron chi connectivity index (χ1n) is 3.01.